The fraction of sp³-hybridized carbons (Fsp3) is 0.556. The maximum Gasteiger partial charge on any atom is 0.245 e. The van der Waals surface area contributed by atoms with Gasteiger partial charge < -0.3 is 15.0 Å². The third kappa shape index (κ3) is 3.72. The molecule has 5 heteroatoms. The van der Waals surface area contributed by atoms with Gasteiger partial charge in [-0.15, -0.1) is 0 Å². The van der Waals surface area contributed by atoms with Crippen molar-refractivity contribution in [2.45, 2.75) is 44.8 Å². The molecule has 2 amide bonds. The maximum absolute atomic E-state index is 12.6. The maximum atomic E-state index is 12.6. The summed E-state index contributed by atoms with van der Waals surface area (Å²) >= 11 is 0. The smallest absolute Gasteiger partial charge is 0.245 e. The molecular formula is C18H24N2O3. The van der Waals surface area contributed by atoms with Crippen molar-refractivity contribution in [1.82, 2.24) is 10.2 Å². The van der Waals surface area contributed by atoms with Crippen LogP contribution in [0.15, 0.2) is 24.3 Å². The van der Waals surface area contributed by atoms with Crippen molar-refractivity contribution >= 4 is 11.8 Å². The van der Waals surface area contributed by atoms with E-state index in [0.29, 0.717) is 26.1 Å². The first-order valence-corrected chi connectivity index (χ1v) is 8.46. The molecule has 23 heavy (non-hydrogen) atoms. The molecule has 0 aliphatic carbocycles. The van der Waals surface area contributed by atoms with Gasteiger partial charge in [0.25, 0.3) is 0 Å². The summed E-state index contributed by atoms with van der Waals surface area (Å²) in [7, 11) is 0. The van der Waals surface area contributed by atoms with Gasteiger partial charge in [0.15, 0.2) is 0 Å². The van der Waals surface area contributed by atoms with Crippen LogP contribution in [0.4, 0.5) is 0 Å². The first-order valence-electron chi connectivity index (χ1n) is 8.46. The van der Waals surface area contributed by atoms with Crippen LogP contribution in [-0.2, 0) is 20.7 Å². The lowest BCUT2D eigenvalue weighted by Crippen LogP contribution is -2.53. The van der Waals surface area contributed by atoms with E-state index in [1.807, 2.05) is 4.90 Å². The van der Waals surface area contributed by atoms with E-state index in [0.717, 1.165) is 24.8 Å². The number of hydrogen-bond donors (Lipinski definition) is 1. The van der Waals surface area contributed by atoms with E-state index < -0.39 is 0 Å². The minimum absolute atomic E-state index is 0.0189. The Morgan fingerprint density at radius 2 is 2.13 bits per heavy atom. The van der Waals surface area contributed by atoms with Gasteiger partial charge in [0.05, 0.1) is 13.2 Å². The molecule has 0 saturated carbocycles. The van der Waals surface area contributed by atoms with E-state index in [-0.39, 0.29) is 24.0 Å². The van der Waals surface area contributed by atoms with Gasteiger partial charge in [-0.05, 0) is 30.4 Å². The molecule has 2 fully saturated rings. The number of carbonyl (C=O) groups excluding carboxylic acids is 2. The molecule has 124 valence electrons. The number of nitrogens with zero attached hydrogens (tertiary/aromatic N) is 1. The summed E-state index contributed by atoms with van der Waals surface area (Å²) < 4.78 is 5.85. The minimum Gasteiger partial charge on any atom is -0.370 e. The number of rotatable bonds is 3. The minimum atomic E-state index is -0.363. The van der Waals surface area contributed by atoms with Crippen molar-refractivity contribution in [1.29, 1.82) is 0 Å². The molecule has 0 spiro atoms. The fourth-order valence-corrected chi connectivity index (χ4v) is 3.23. The fourth-order valence-electron chi connectivity index (χ4n) is 3.23. The number of morpholine rings is 1. The molecule has 0 aromatic heterocycles. The van der Waals surface area contributed by atoms with Crippen LogP contribution in [0.1, 0.15) is 43.4 Å². The average Bonchev–Trinajstić information content (AvgIpc) is 2.61. The second-order valence-corrected chi connectivity index (χ2v) is 6.25. The monoisotopic (exact) mass is 316 g/mol. The summed E-state index contributed by atoms with van der Waals surface area (Å²) in [6.07, 6.45) is 2.97. The van der Waals surface area contributed by atoms with Crippen LogP contribution in [0.2, 0.25) is 0 Å². The lowest BCUT2D eigenvalue weighted by molar-refractivity contribution is -0.144. The van der Waals surface area contributed by atoms with Gasteiger partial charge in [0, 0.05) is 13.0 Å². The highest BCUT2D eigenvalue weighted by molar-refractivity contribution is 5.88. The molecule has 1 unspecified atom stereocenters. The van der Waals surface area contributed by atoms with Crippen molar-refractivity contribution in [2.75, 3.05) is 19.7 Å². The lowest BCUT2D eigenvalue weighted by Gasteiger charge is -2.36. The number of benzene rings is 1. The molecule has 0 bridgehead atoms. The highest BCUT2D eigenvalue weighted by Gasteiger charge is 2.32. The normalized spacial score (nSPS) is 25.1. The van der Waals surface area contributed by atoms with E-state index in [9.17, 15) is 9.59 Å². The Bertz CT molecular complexity index is 570. The molecule has 2 aliphatic rings. The predicted octanol–water partition coefficient (Wildman–Crippen LogP) is 1.82. The molecule has 2 atom stereocenters. The third-order valence-corrected chi connectivity index (χ3v) is 4.67. The van der Waals surface area contributed by atoms with Gasteiger partial charge in [0.2, 0.25) is 11.8 Å². The van der Waals surface area contributed by atoms with Crippen LogP contribution >= 0.6 is 0 Å². The largest absolute Gasteiger partial charge is 0.370 e. The topological polar surface area (TPSA) is 58.6 Å². The average molecular weight is 316 g/mol. The summed E-state index contributed by atoms with van der Waals surface area (Å²) in [4.78, 5) is 26.0. The number of hydrogen-bond acceptors (Lipinski definition) is 3. The van der Waals surface area contributed by atoms with Gasteiger partial charge >= 0.3 is 0 Å². The van der Waals surface area contributed by atoms with Crippen molar-refractivity contribution in [3.63, 3.8) is 0 Å². The zero-order valence-corrected chi connectivity index (χ0v) is 13.6. The Hall–Kier alpha value is -1.88. The van der Waals surface area contributed by atoms with Crippen LogP contribution in [0.5, 0.6) is 0 Å². The van der Waals surface area contributed by atoms with Crippen LogP contribution < -0.4 is 5.32 Å². The molecule has 5 nitrogen and oxygen atoms in total. The predicted molar refractivity (Wildman–Crippen MR) is 86.9 cm³/mol. The van der Waals surface area contributed by atoms with Crippen LogP contribution in [0.25, 0.3) is 0 Å². The third-order valence-electron chi connectivity index (χ3n) is 4.67. The molecule has 0 radical (unpaired) electrons. The number of carbonyl (C=O) groups is 2. The summed E-state index contributed by atoms with van der Waals surface area (Å²) in [5.74, 6) is 0.00564. The van der Waals surface area contributed by atoms with E-state index in [2.05, 4.69) is 36.5 Å². The molecular weight excluding hydrogens is 292 g/mol. The molecule has 2 heterocycles. The standard InChI is InChI=1S/C18H24N2O3/c1-2-13-6-8-14(9-7-13)16-12-20(10-11-23-16)18(22)15-4-3-5-17(21)19-15/h6-9,15-16H,2-5,10-12H2,1H3,(H,19,21)/t15-,16?/m1/s1. The van der Waals surface area contributed by atoms with Crippen molar-refractivity contribution in [2.24, 2.45) is 0 Å². The molecule has 1 aromatic carbocycles. The zero-order valence-electron chi connectivity index (χ0n) is 13.6. The van der Waals surface area contributed by atoms with Gasteiger partial charge in [-0.3, -0.25) is 9.59 Å². The van der Waals surface area contributed by atoms with Crippen LogP contribution in [0, 0.1) is 0 Å². The number of aryl methyl sites for hydroxylation is 1. The summed E-state index contributed by atoms with van der Waals surface area (Å²) in [5.41, 5.74) is 2.40. The summed E-state index contributed by atoms with van der Waals surface area (Å²) in [5, 5.41) is 2.81. The Morgan fingerprint density at radius 1 is 1.35 bits per heavy atom. The Kier molecular flexibility index (Phi) is 4.96. The number of amides is 2. The van der Waals surface area contributed by atoms with Crippen molar-refractivity contribution in [3.05, 3.63) is 35.4 Å². The SMILES string of the molecule is CCc1ccc(C2CN(C(=O)[C@H]3CCCC(=O)N3)CCO2)cc1. The van der Waals surface area contributed by atoms with E-state index in [1.165, 1.54) is 5.56 Å². The lowest BCUT2D eigenvalue weighted by atomic mass is 10.0. The first kappa shape index (κ1) is 16.0. The molecule has 1 aromatic rings. The second kappa shape index (κ2) is 7.13. The quantitative estimate of drug-likeness (QED) is 0.925. The Labute approximate surface area is 137 Å². The highest BCUT2D eigenvalue weighted by Crippen LogP contribution is 2.24. The van der Waals surface area contributed by atoms with Crippen molar-refractivity contribution < 1.29 is 14.3 Å². The summed E-state index contributed by atoms with van der Waals surface area (Å²) in [6, 6.07) is 8.03. The molecule has 2 saturated heterocycles. The second-order valence-electron chi connectivity index (χ2n) is 6.25. The van der Waals surface area contributed by atoms with E-state index >= 15 is 0 Å². The van der Waals surface area contributed by atoms with Gasteiger partial charge in [-0.2, -0.15) is 0 Å². The van der Waals surface area contributed by atoms with Gasteiger partial charge in [-0.25, -0.2) is 0 Å². The number of ether oxygens (including phenoxy) is 1. The van der Waals surface area contributed by atoms with E-state index in [4.69, 9.17) is 4.74 Å². The summed E-state index contributed by atoms with van der Waals surface area (Å²) in [6.45, 7) is 3.81. The van der Waals surface area contributed by atoms with Crippen LogP contribution in [-0.4, -0.2) is 42.5 Å². The molecule has 3 rings (SSSR count). The van der Waals surface area contributed by atoms with Gasteiger partial charge in [-0.1, -0.05) is 31.2 Å². The first-order chi connectivity index (χ1) is 11.2. The van der Waals surface area contributed by atoms with Crippen molar-refractivity contribution in [3.8, 4) is 0 Å². The number of nitrogens with one attached hydrogen (secondary N) is 1. The Balaban J connectivity index is 1.65. The van der Waals surface area contributed by atoms with Gasteiger partial charge in [0.1, 0.15) is 12.1 Å². The highest BCUT2D eigenvalue weighted by atomic mass is 16.5. The van der Waals surface area contributed by atoms with E-state index in [1.54, 1.807) is 0 Å². The molecule has 2 aliphatic heterocycles. The Morgan fingerprint density at radius 3 is 2.83 bits per heavy atom. The number of piperidine rings is 1. The van der Waals surface area contributed by atoms with Crippen LogP contribution in [0.3, 0.4) is 0 Å². The zero-order chi connectivity index (χ0) is 16.2. The molecule has 1 N–H and O–H groups in total.